The van der Waals surface area contributed by atoms with Gasteiger partial charge in [-0.2, -0.15) is 5.10 Å². The Morgan fingerprint density at radius 1 is 1.24 bits per heavy atom. The minimum atomic E-state index is 0.00428. The van der Waals surface area contributed by atoms with Gasteiger partial charge in [0.05, 0.1) is 6.26 Å². The van der Waals surface area contributed by atoms with Crippen LogP contribution in [0.15, 0.2) is 59.2 Å². The van der Waals surface area contributed by atoms with Crippen LogP contribution in [-0.4, -0.2) is 33.6 Å². The molecule has 1 aliphatic heterocycles. The third-order valence-electron chi connectivity index (χ3n) is 4.83. The van der Waals surface area contributed by atoms with Crippen molar-refractivity contribution in [2.75, 3.05) is 6.54 Å². The average Bonchev–Trinajstić information content (AvgIpc) is 3.41. The van der Waals surface area contributed by atoms with Crippen LogP contribution < -0.4 is 0 Å². The van der Waals surface area contributed by atoms with Gasteiger partial charge in [0, 0.05) is 18.7 Å². The summed E-state index contributed by atoms with van der Waals surface area (Å²) >= 11 is 0. The fourth-order valence-corrected chi connectivity index (χ4v) is 3.52. The van der Waals surface area contributed by atoms with Crippen molar-refractivity contribution in [2.45, 2.75) is 31.7 Å². The van der Waals surface area contributed by atoms with Gasteiger partial charge < -0.3 is 9.32 Å². The van der Waals surface area contributed by atoms with Crippen LogP contribution in [0.25, 0.3) is 11.5 Å². The lowest BCUT2D eigenvalue weighted by molar-refractivity contribution is 0.0724. The molecular weight excluding hydrogens is 314 g/mol. The molecule has 0 bridgehead atoms. The van der Waals surface area contributed by atoms with E-state index in [0.717, 1.165) is 37.9 Å². The molecule has 1 atom stereocenters. The first-order valence-electron chi connectivity index (χ1n) is 8.75. The highest BCUT2D eigenvalue weighted by Crippen LogP contribution is 2.25. The number of hydrogen-bond donors (Lipinski definition) is 1. The molecule has 4 rings (SSSR count). The van der Waals surface area contributed by atoms with Crippen molar-refractivity contribution < 1.29 is 9.21 Å². The molecule has 0 radical (unpaired) electrons. The Morgan fingerprint density at radius 2 is 2.12 bits per heavy atom. The zero-order valence-electron chi connectivity index (χ0n) is 14.0. The molecule has 1 amide bonds. The maximum atomic E-state index is 12.9. The lowest BCUT2D eigenvalue weighted by Crippen LogP contribution is -2.36. The summed E-state index contributed by atoms with van der Waals surface area (Å²) in [5.74, 6) is 0.693. The second-order valence-corrected chi connectivity index (χ2v) is 6.46. The number of nitrogens with one attached hydrogen (secondary N) is 1. The first-order valence-corrected chi connectivity index (χ1v) is 8.75. The van der Waals surface area contributed by atoms with Crippen LogP contribution in [0.4, 0.5) is 0 Å². The first kappa shape index (κ1) is 15.7. The van der Waals surface area contributed by atoms with Crippen molar-refractivity contribution in [3.63, 3.8) is 0 Å². The van der Waals surface area contributed by atoms with E-state index in [-0.39, 0.29) is 11.9 Å². The Labute approximate surface area is 146 Å². The van der Waals surface area contributed by atoms with Crippen LogP contribution in [0.1, 0.15) is 35.3 Å². The second-order valence-electron chi connectivity index (χ2n) is 6.46. The molecule has 0 spiro atoms. The molecule has 2 aromatic heterocycles. The van der Waals surface area contributed by atoms with Gasteiger partial charge in [-0.25, -0.2) is 0 Å². The van der Waals surface area contributed by atoms with Gasteiger partial charge in [0.1, 0.15) is 5.69 Å². The van der Waals surface area contributed by atoms with Gasteiger partial charge in [-0.05, 0) is 43.4 Å². The Morgan fingerprint density at radius 3 is 2.92 bits per heavy atom. The molecule has 3 heterocycles. The number of benzene rings is 1. The number of aromatic amines is 1. The second kappa shape index (κ2) is 6.97. The highest BCUT2D eigenvalue weighted by atomic mass is 16.3. The maximum absolute atomic E-state index is 12.9. The number of H-pyrrole nitrogens is 1. The Bertz CT molecular complexity index is 824. The fraction of sp³-hybridized carbons (Fsp3) is 0.300. The van der Waals surface area contributed by atoms with E-state index in [1.165, 1.54) is 5.56 Å². The predicted molar refractivity (Wildman–Crippen MR) is 95.1 cm³/mol. The largest absolute Gasteiger partial charge is 0.463 e. The third-order valence-corrected chi connectivity index (χ3v) is 4.83. The quantitative estimate of drug-likeness (QED) is 0.769. The number of hydrogen-bond acceptors (Lipinski definition) is 3. The van der Waals surface area contributed by atoms with Crippen LogP contribution in [0.5, 0.6) is 0 Å². The zero-order valence-corrected chi connectivity index (χ0v) is 14.0. The normalized spacial score (nSPS) is 17.1. The first-order chi connectivity index (χ1) is 12.3. The van der Waals surface area contributed by atoms with Crippen molar-refractivity contribution in [1.82, 2.24) is 15.1 Å². The van der Waals surface area contributed by atoms with Crippen LogP contribution >= 0.6 is 0 Å². The molecule has 3 aromatic rings. The molecule has 0 aliphatic carbocycles. The summed E-state index contributed by atoms with van der Waals surface area (Å²) in [6.45, 7) is 0.807. The Hall–Kier alpha value is -2.82. The average molecular weight is 335 g/mol. The molecule has 1 N–H and O–H groups in total. The van der Waals surface area contributed by atoms with Crippen molar-refractivity contribution in [3.05, 3.63) is 66.1 Å². The number of amides is 1. The molecule has 5 heteroatoms. The summed E-state index contributed by atoms with van der Waals surface area (Å²) in [6.07, 6.45) is 5.71. The topological polar surface area (TPSA) is 62.1 Å². The van der Waals surface area contributed by atoms with E-state index in [9.17, 15) is 4.79 Å². The molecular formula is C20H21N3O2. The number of nitrogens with zero attached hydrogens (tertiary/aromatic N) is 2. The molecule has 1 saturated heterocycles. The third kappa shape index (κ3) is 3.36. The summed E-state index contributed by atoms with van der Waals surface area (Å²) in [5.41, 5.74) is 2.51. The molecule has 1 aromatic carbocycles. The van der Waals surface area contributed by atoms with E-state index in [1.807, 2.05) is 23.1 Å². The van der Waals surface area contributed by atoms with Gasteiger partial charge in [0.15, 0.2) is 11.5 Å². The summed E-state index contributed by atoms with van der Waals surface area (Å²) in [4.78, 5) is 14.8. The molecule has 1 aliphatic rings. The van der Waals surface area contributed by atoms with Crippen LogP contribution in [0, 0.1) is 0 Å². The molecule has 5 nitrogen and oxygen atoms in total. The standard InChI is InChI=1S/C20H21N3O2/c24-20(18-14-17(21-22-18)19-9-5-13-25-19)23-12-4-8-16(23)11-10-15-6-2-1-3-7-15/h1-3,5-7,9,13-14,16H,4,8,10-12H2,(H,21,22). The number of carbonyl (C=O) groups is 1. The number of carbonyl (C=O) groups excluding carboxylic acids is 1. The molecule has 25 heavy (non-hydrogen) atoms. The van der Waals surface area contributed by atoms with E-state index in [2.05, 4.69) is 34.5 Å². The van der Waals surface area contributed by atoms with E-state index in [4.69, 9.17) is 4.42 Å². The van der Waals surface area contributed by atoms with Crippen molar-refractivity contribution in [1.29, 1.82) is 0 Å². The highest BCUT2D eigenvalue weighted by Gasteiger charge is 2.30. The smallest absolute Gasteiger partial charge is 0.274 e. The highest BCUT2D eigenvalue weighted by molar-refractivity contribution is 5.93. The Kier molecular flexibility index (Phi) is 4.37. The maximum Gasteiger partial charge on any atom is 0.274 e. The molecule has 1 fully saturated rings. The van der Waals surface area contributed by atoms with Crippen molar-refractivity contribution >= 4 is 5.91 Å². The zero-order chi connectivity index (χ0) is 17.1. The molecule has 0 saturated carbocycles. The summed E-state index contributed by atoms with van der Waals surface area (Å²) in [7, 11) is 0. The minimum absolute atomic E-state index is 0.00428. The van der Waals surface area contributed by atoms with Crippen LogP contribution in [0.2, 0.25) is 0 Å². The summed E-state index contributed by atoms with van der Waals surface area (Å²) in [6, 6.07) is 16.2. The summed E-state index contributed by atoms with van der Waals surface area (Å²) < 4.78 is 5.35. The lowest BCUT2D eigenvalue weighted by Gasteiger charge is -2.24. The predicted octanol–water partition coefficient (Wildman–Crippen LogP) is 3.91. The van der Waals surface area contributed by atoms with Gasteiger partial charge in [0.2, 0.25) is 0 Å². The van der Waals surface area contributed by atoms with Crippen LogP contribution in [-0.2, 0) is 6.42 Å². The fourth-order valence-electron chi connectivity index (χ4n) is 3.52. The molecule has 1 unspecified atom stereocenters. The lowest BCUT2D eigenvalue weighted by atomic mass is 10.0. The monoisotopic (exact) mass is 335 g/mol. The van der Waals surface area contributed by atoms with E-state index in [1.54, 1.807) is 12.3 Å². The SMILES string of the molecule is O=C(c1cc(-c2ccco2)[nH]n1)N1CCCC1CCc1ccccc1. The number of aryl methyl sites for hydroxylation is 1. The van der Waals surface area contributed by atoms with Crippen molar-refractivity contribution in [2.24, 2.45) is 0 Å². The number of furan rings is 1. The van der Waals surface area contributed by atoms with Crippen LogP contribution in [0.3, 0.4) is 0 Å². The van der Waals surface area contributed by atoms with E-state index < -0.39 is 0 Å². The van der Waals surface area contributed by atoms with Crippen molar-refractivity contribution in [3.8, 4) is 11.5 Å². The number of rotatable bonds is 5. The van der Waals surface area contributed by atoms with E-state index in [0.29, 0.717) is 11.5 Å². The molecule has 128 valence electrons. The van der Waals surface area contributed by atoms with Gasteiger partial charge >= 0.3 is 0 Å². The van der Waals surface area contributed by atoms with Gasteiger partial charge in [0.25, 0.3) is 5.91 Å². The summed E-state index contributed by atoms with van der Waals surface area (Å²) in [5, 5.41) is 7.09. The van der Waals surface area contributed by atoms with Gasteiger partial charge in [-0.15, -0.1) is 0 Å². The minimum Gasteiger partial charge on any atom is -0.463 e. The Balaban J connectivity index is 1.44. The number of aromatic nitrogens is 2. The number of likely N-dealkylation sites (tertiary alicyclic amines) is 1. The van der Waals surface area contributed by atoms with E-state index >= 15 is 0 Å². The van der Waals surface area contributed by atoms with Gasteiger partial charge in [-0.3, -0.25) is 9.89 Å². The van der Waals surface area contributed by atoms with Gasteiger partial charge in [-0.1, -0.05) is 30.3 Å².